The summed E-state index contributed by atoms with van der Waals surface area (Å²) in [6.07, 6.45) is 3.98. The van der Waals surface area contributed by atoms with Crippen LogP contribution in [0.4, 0.5) is 0 Å². The van der Waals surface area contributed by atoms with Crippen LogP contribution in [0.1, 0.15) is 42.9 Å². The van der Waals surface area contributed by atoms with Gasteiger partial charge >= 0.3 is 5.97 Å². The molecular formula is C18H21NO4. The Morgan fingerprint density at radius 1 is 1.09 bits per heavy atom. The lowest BCUT2D eigenvalue weighted by atomic mass is 9.78. The van der Waals surface area contributed by atoms with Gasteiger partial charge in [0.2, 0.25) is 5.91 Å². The van der Waals surface area contributed by atoms with Crippen molar-refractivity contribution in [3.8, 4) is 0 Å². The maximum Gasteiger partial charge on any atom is 0.310 e. The molecule has 2 fully saturated rings. The lowest BCUT2D eigenvalue weighted by Crippen LogP contribution is -2.45. The summed E-state index contributed by atoms with van der Waals surface area (Å²) >= 11 is 0. The first-order valence-corrected chi connectivity index (χ1v) is 8.41. The molecule has 2 N–H and O–H groups in total. The molecule has 0 spiro atoms. The Morgan fingerprint density at radius 2 is 1.83 bits per heavy atom. The summed E-state index contributed by atoms with van der Waals surface area (Å²) in [6, 6.07) is 8.16. The third-order valence-corrected chi connectivity index (χ3v) is 5.55. The van der Waals surface area contributed by atoms with E-state index in [1.54, 1.807) is 0 Å². The van der Waals surface area contributed by atoms with E-state index in [9.17, 15) is 14.7 Å². The molecule has 4 rings (SSSR count). The van der Waals surface area contributed by atoms with Gasteiger partial charge in [-0.3, -0.25) is 9.59 Å². The fraction of sp³-hybridized carbons (Fsp3) is 0.556. The molecule has 2 bridgehead atoms. The van der Waals surface area contributed by atoms with Gasteiger partial charge in [-0.1, -0.05) is 24.3 Å². The molecule has 3 aliphatic rings. The van der Waals surface area contributed by atoms with Crippen LogP contribution in [0.2, 0.25) is 0 Å². The molecular weight excluding hydrogens is 294 g/mol. The van der Waals surface area contributed by atoms with Crippen LogP contribution in [-0.2, 0) is 20.7 Å². The first-order valence-electron chi connectivity index (χ1n) is 8.41. The third kappa shape index (κ3) is 2.43. The lowest BCUT2D eigenvalue weighted by Gasteiger charge is -2.30. The highest BCUT2D eigenvalue weighted by Crippen LogP contribution is 2.44. The van der Waals surface area contributed by atoms with Gasteiger partial charge < -0.3 is 15.2 Å². The molecule has 5 nitrogen and oxygen atoms in total. The second-order valence-corrected chi connectivity index (χ2v) is 6.83. The Labute approximate surface area is 135 Å². The molecule has 1 aromatic rings. The van der Waals surface area contributed by atoms with Crippen LogP contribution in [-0.4, -0.2) is 29.2 Å². The fourth-order valence-electron chi connectivity index (χ4n) is 4.50. The van der Waals surface area contributed by atoms with Crippen LogP contribution in [0.3, 0.4) is 0 Å². The minimum absolute atomic E-state index is 0.0129. The number of hydrogen-bond donors (Lipinski definition) is 2. The molecule has 1 amide bonds. The van der Waals surface area contributed by atoms with Crippen LogP contribution in [0.25, 0.3) is 0 Å². The number of carboxylic acid groups (broad SMARTS) is 1. The zero-order chi connectivity index (χ0) is 16.0. The maximum atomic E-state index is 12.8. The van der Waals surface area contributed by atoms with Crippen molar-refractivity contribution in [2.45, 2.75) is 50.4 Å². The normalized spacial score (nSPS) is 34.9. The van der Waals surface area contributed by atoms with Gasteiger partial charge in [0.1, 0.15) is 0 Å². The largest absolute Gasteiger partial charge is 0.481 e. The number of hydrogen-bond acceptors (Lipinski definition) is 3. The Kier molecular flexibility index (Phi) is 3.60. The minimum Gasteiger partial charge on any atom is -0.481 e. The maximum absolute atomic E-state index is 12.8. The Hall–Kier alpha value is -1.88. The number of amides is 1. The van der Waals surface area contributed by atoms with E-state index in [-0.39, 0.29) is 24.2 Å². The molecule has 2 aliphatic heterocycles. The van der Waals surface area contributed by atoms with Crippen LogP contribution in [0.15, 0.2) is 24.3 Å². The summed E-state index contributed by atoms with van der Waals surface area (Å²) in [5.41, 5.74) is 2.45. The summed E-state index contributed by atoms with van der Waals surface area (Å²) in [5, 5.41) is 12.6. The zero-order valence-corrected chi connectivity index (χ0v) is 12.9. The highest BCUT2D eigenvalue weighted by Gasteiger charge is 2.55. The molecule has 1 aliphatic carbocycles. The fourth-order valence-corrected chi connectivity index (χ4v) is 4.50. The molecule has 0 unspecified atom stereocenters. The number of benzene rings is 1. The van der Waals surface area contributed by atoms with Crippen LogP contribution < -0.4 is 5.32 Å². The average Bonchev–Trinajstić information content (AvgIpc) is 3.16. The lowest BCUT2D eigenvalue weighted by molar-refractivity contribution is -0.148. The topological polar surface area (TPSA) is 75.6 Å². The second kappa shape index (κ2) is 5.64. The van der Waals surface area contributed by atoms with E-state index in [1.807, 2.05) is 12.1 Å². The number of ether oxygens (including phenoxy) is 1. The van der Waals surface area contributed by atoms with E-state index in [1.165, 1.54) is 11.1 Å². The molecule has 0 saturated carbocycles. The van der Waals surface area contributed by atoms with Crippen LogP contribution in [0, 0.1) is 11.8 Å². The highest BCUT2D eigenvalue weighted by atomic mass is 16.5. The predicted molar refractivity (Wildman–Crippen MR) is 82.8 cm³/mol. The van der Waals surface area contributed by atoms with Gasteiger partial charge in [0.15, 0.2) is 0 Å². The highest BCUT2D eigenvalue weighted by molar-refractivity contribution is 5.86. The van der Waals surface area contributed by atoms with Crippen LogP contribution >= 0.6 is 0 Å². The third-order valence-electron chi connectivity index (χ3n) is 5.55. The van der Waals surface area contributed by atoms with Crippen molar-refractivity contribution in [2.75, 3.05) is 0 Å². The molecule has 2 heterocycles. The van der Waals surface area contributed by atoms with E-state index < -0.39 is 17.8 Å². The molecule has 2 saturated heterocycles. The van der Waals surface area contributed by atoms with Crippen LogP contribution in [0.5, 0.6) is 0 Å². The molecule has 1 aromatic carbocycles. The Balaban J connectivity index is 1.54. The number of rotatable bonds is 3. The standard InChI is InChI=1S/C18H21NO4/c20-17(15-13-8-9-14(23-13)16(15)18(21)22)19-12-7-3-5-10-4-1-2-6-11(10)12/h1-2,4,6,12-16H,3,5,7-9H2,(H,19,20)(H,21,22)/t12-,13+,14+,15-,16+/m0/s1. The first kappa shape index (κ1) is 14.7. The zero-order valence-electron chi connectivity index (χ0n) is 12.9. The number of fused-ring (bicyclic) bond motifs is 3. The predicted octanol–water partition coefficient (Wildman–Crippen LogP) is 2.06. The quantitative estimate of drug-likeness (QED) is 0.895. The number of carbonyl (C=O) groups is 2. The van der Waals surface area contributed by atoms with Crippen molar-refractivity contribution in [3.05, 3.63) is 35.4 Å². The van der Waals surface area contributed by atoms with E-state index in [0.29, 0.717) is 0 Å². The first-order chi connectivity index (χ1) is 11.1. The van der Waals surface area contributed by atoms with E-state index in [2.05, 4.69) is 17.4 Å². The molecule has 0 aromatic heterocycles. The monoisotopic (exact) mass is 315 g/mol. The summed E-state index contributed by atoms with van der Waals surface area (Å²) in [5.74, 6) is -2.33. The van der Waals surface area contributed by atoms with Crippen molar-refractivity contribution in [3.63, 3.8) is 0 Å². The Morgan fingerprint density at radius 3 is 2.61 bits per heavy atom. The van der Waals surface area contributed by atoms with E-state index in [4.69, 9.17) is 4.74 Å². The van der Waals surface area contributed by atoms with E-state index in [0.717, 1.165) is 32.1 Å². The minimum atomic E-state index is -0.915. The summed E-state index contributed by atoms with van der Waals surface area (Å²) in [6.45, 7) is 0. The summed E-state index contributed by atoms with van der Waals surface area (Å²) in [7, 11) is 0. The molecule has 122 valence electrons. The SMILES string of the molecule is O=C(N[C@H]1CCCc2ccccc21)[C@@H]1[C@H](C(=O)O)[C@H]2CC[C@H]1O2. The van der Waals surface area contributed by atoms with Gasteiger partial charge in [0.05, 0.1) is 30.1 Å². The Bertz CT molecular complexity index is 644. The smallest absolute Gasteiger partial charge is 0.310 e. The van der Waals surface area contributed by atoms with Gasteiger partial charge in [-0.2, -0.15) is 0 Å². The van der Waals surface area contributed by atoms with Gasteiger partial charge in [-0.25, -0.2) is 0 Å². The molecule has 23 heavy (non-hydrogen) atoms. The molecule has 0 radical (unpaired) electrons. The number of carboxylic acids is 1. The van der Waals surface area contributed by atoms with Crippen molar-refractivity contribution in [2.24, 2.45) is 11.8 Å². The molecule has 5 heteroatoms. The number of nitrogens with one attached hydrogen (secondary N) is 1. The van der Waals surface area contributed by atoms with Crippen molar-refractivity contribution >= 4 is 11.9 Å². The van der Waals surface area contributed by atoms with Gasteiger partial charge in [-0.05, 0) is 43.2 Å². The second-order valence-electron chi connectivity index (χ2n) is 6.83. The average molecular weight is 315 g/mol. The van der Waals surface area contributed by atoms with E-state index >= 15 is 0 Å². The number of aryl methyl sites for hydroxylation is 1. The van der Waals surface area contributed by atoms with Crippen molar-refractivity contribution < 1.29 is 19.4 Å². The number of aliphatic carboxylic acids is 1. The number of carbonyl (C=O) groups excluding carboxylic acids is 1. The van der Waals surface area contributed by atoms with Crippen molar-refractivity contribution in [1.29, 1.82) is 0 Å². The summed E-state index contributed by atoms with van der Waals surface area (Å²) in [4.78, 5) is 24.3. The van der Waals surface area contributed by atoms with Gasteiger partial charge in [0.25, 0.3) is 0 Å². The molecule has 5 atom stereocenters. The van der Waals surface area contributed by atoms with Gasteiger partial charge in [0, 0.05) is 0 Å². The van der Waals surface area contributed by atoms with Crippen molar-refractivity contribution in [1.82, 2.24) is 5.32 Å². The summed E-state index contributed by atoms with van der Waals surface area (Å²) < 4.78 is 5.70. The van der Waals surface area contributed by atoms with Gasteiger partial charge in [-0.15, -0.1) is 0 Å².